The topological polar surface area (TPSA) is 48.1 Å². The number of hydrogen-bond acceptors (Lipinski definition) is 4. The Morgan fingerprint density at radius 3 is 2.78 bits per heavy atom. The fraction of sp³-hybridized carbons (Fsp3) is 0.609. The SMILES string of the molecule is C=C1[C@H]2C[C@@H](OC(=O)/C=C/C=C/[C@H]3O[C@@H]3C)[C@]1(C)[C@@]1(C)CCC(C)=C[C@H]1O2. The summed E-state index contributed by atoms with van der Waals surface area (Å²) < 4.78 is 17.6. The first-order valence-electron chi connectivity index (χ1n) is 9.98. The number of esters is 1. The molecule has 2 bridgehead atoms. The highest BCUT2D eigenvalue weighted by atomic mass is 16.6. The number of allylic oxidation sites excluding steroid dienone is 3. The fourth-order valence-electron chi connectivity index (χ4n) is 5.09. The van der Waals surface area contributed by atoms with Gasteiger partial charge in [0.05, 0.1) is 18.3 Å². The predicted octanol–water partition coefficient (Wildman–Crippen LogP) is 4.28. The molecule has 1 saturated carbocycles. The van der Waals surface area contributed by atoms with Gasteiger partial charge in [0, 0.05) is 23.3 Å². The Morgan fingerprint density at radius 1 is 1.33 bits per heavy atom. The van der Waals surface area contributed by atoms with Gasteiger partial charge in [-0.05, 0) is 32.3 Å². The van der Waals surface area contributed by atoms with Gasteiger partial charge in [0.15, 0.2) is 0 Å². The van der Waals surface area contributed by atoms with Crippen LogP contribution in [0.4, 0.5) is 0 Å². The lowest BCUT2D eigenvalue weighted by Crippen LogP contribution is -2.56. The van der Waals surface area contributed by atoms with E-state index < -0.39 is 0 Å². The van der Waals surface area contributed by atoms with Crippen LogP contribution < -0.4 is 0 Å². The fourth-order valence-corrected chi connectivity index (χ4v) is 5.09. The van der Waals surface area contributed by atoms with Crippen molar-refractivity contribution >= 4 is 5.97 Å². The molecule has 0 aromatic carbocycles. The Morgan fingerprint density at radius 2 is 2.07 bits per heavy atom. The van der Waals surface area contributed by atoms with E-state index in [1.165, 1.54) is 11.6 Å². The third kappa shape index (κ3) is 2.94. The summed E-state index contributed by atoms with van der Waals surface area (Å²) in [6, 6.07) is 0. The summed E-state index contributed by atoms with van der Waals surface area (Å²) >= 11 is 0. The van der Waals surface area contributed by atoms with Gasteiger partial charge in [-0.25, -0.2) is 4.79 Å². The first kappa shape index (κ1) is 18.7. The van der Waals surface area contributed by atoms with Crippen LogP contribution in [0.2, 0.25) is 0 Å². The Labute approximate surface area is 161 Å². The first-order valence-corrected chi connectivity index (χ1v) is 9.98. The smallest absolute Gasteiger partial charge is 0.331 e. The van der Waals surface area contributed by atoms with Crippen LogP contribution in [0.15, 0.2) is 48.1 Å². The molecule has 2 heterocycles. The molecule has 2 saturated heterocycles. The lowest BCUT2D eigenvalue weighted by molar-refractivity contribution is -0.158. The monoisotopic (exact) mass is 370 g/mol. The molecule has 146 valence electrons. The van der Waals surface area contributed by atoms with Crippen LogP contribution in [0.25, 0.3) is 0 Å². The minimum Gasteiger partial charge on any atom is -0.458 e. The maximum atomic E-state index is 12.4. The summed E-state index contributed by atoms with van der Waals surface area (Å²) in [6.45, 7) is 13.0. The van der Waals surface area contributed by atoms with E-state index in [4.69, 9.17) is 14.2 Å². The molecule has 0 radical (unpaired) electrons. The van der Waals surface area contributed by atoms with Gasteiger partial charge in [-0.15, -0.1) is 0 Å². The average molecular weight is 370 g/mol. The molecule has 27 heavy (non-hydrogen) atoms. The highest BCUT2D eigenvalue weighted by molar-refractivity contribution is 5.82. The number of carbonyl (C=O) groups is 1. The summed E-state index contributed by atoms with van der Waals surface area (Å²) in [5.74, 6) is -0.307. The van der Waals surface area contributed by atoms with Crippen LogP contribution in [-0.2, 0) is 19.0 Å². The Balaban J connectivity index is 1.49. The van der Waals surface area contributed by atoms with E-state index in [-0.39, 0.29) is 47.3 Å². The first-order chi connectivity index (χ1) is 12.8. The quantitative estimate of drug-likeness (QED) is 0.244. The van der Waals surface area contributed by atoms with Gasteiger partial charge in [-0.1, -0.05) is 50.3 Å². The molecule has 3 fully saturated rings. The molecule has 4 rings (SSSR count). The van der Waals surface area contributed by atoms with Gasteiger partial charge in [0.2, 0.25) is 0 Å². The number of rotatable bonds is 4. The second-order valence-corrected chi connectivity index (χ2v) is 8.91. The lowest BCUT2D eigenvalue weighted by atomic mass is 9.54. The van der Waals surface area contributed by atoms with Crippen molar-refractivity contribution in [1.82, 2.24) is 0 Å². The maximum Gasteiger partial charge on any atom is 0.331 e. The molecule has 0 unspecified atom stereocenters. The molecule has 0 amide bonds. The molecule has 2 aliphatic carbocycles. The Kier molecular flexibility index (Phi) is 4.47. The van der Waals surface area contributed by atoms with Crippen molar-refractivity contribution in [3.63, 3.8) is 0 Å². The van der Waals surface area contributed by atoms with Gasteiger partial charge in [-0.3, -0.25) is 0 Å². The summed E-state index contributed by atoms with van der Waals surface area (Å²) in [6.07, 6.45) is 12.3. The normalized spacial score (nSPS) is 45.9. The molecule has 4 heteroatoms. The largest absolute Gasteiger partial charge is 0.458 e. The van der Waals surface area contributed by atoms with Crippen LogP contribution in [-0.4, -0.2) is 36.5 Å². The highest BCUT2D eigenvalue weighted by Crippen LogP contribution is 2.64. The zero-order valence-electron chi connectivity index (χ0n) is 16.7. The highest BCUT2D eigenvalue weighted by Gasteiger charge is 2.66. The summed E-state index contributed by atoms with van der Waals surface area (Å²) in [7, 11) is 0. The van der Waals surface area contributed by atoms with Gasteiger partial charge in [-0.2, -0.15) is 0 Å². The van der Waals surface area contributed by atoms with E-state index in [2.05, 4.69) is 33.4 Å². The molecular weight excluding hydrogens is 340 g/mol. The van der Waals surface area contributed by atoms with Crippen LogP contribution in [0.1, 0.15) is 47.0 Å². The number of hydrogen-bond donors (Lipinski definition) is 0. The van der Waals surface area contributed by atoms with Crippen molar-refractivity contribution in [3.05, 3.63) is 48.1 Å². The van der Waals surface area contributed by atoms with E-state index >= 15 is 0 Å². The van der Waals surface area contributed by atoms with Crippen molar-refractivity contribution < 1.29 is 19.0 Å². The minimum absolute atomic E-state index is 0.0367. The molecule has 0 aromatic heterocycles. The Hall–Kier alpha value is -1.65. The van der Waals surface area contributed by atoms with Crippen molar-refractivity contribution in [2.24, 2.45) is 10.8 Å². The molecule has 0 spiro atoms. The lowest BCUT2D eigenvalue weighted by Gasteiger charge is -2.55. The summed E-state index contributed by atoms with van der Waals surface area (Å²) in [5, 5.41) is 0. The van der Waals surface area contributed by atoms with Crippen LogP contribution >= 0.6 is 0 Å². The van der Waals surface area contributed by atoms with Crippen LogP contribution in [0, 0.1) is 10.8 Å². The van der Waals surface area contributed by atoms with Crippen LogP contribution in [0.3, 0.4) is 0 Å². The van der Waals surface area contributed by atoms with Gasteiger partial charge in [0.1, 0.15) is 12.2 Å². The van der Waals surface area contributed by atoms with Crippen molar-refractivity contribution in [3.8, 4) is 0 Å². The average Bonchev–Trinajstić information content (AvgIpc) is 3.29. The van der Waals surface area contributed by atoms with E-state index in [1.807, 2.05) is 19.1 Å². The summed E-state index contributed by atoms with van der Waals surface area (Å²) in [4.78, 5) is 12.4. The standard InChI is InChI=1S/C23H30O4/c1-14-10-11-22(4)19(12-14)26-18-13-20(23(22,5)15(18)2)27-21(24)9-7-6-8-17-16(3)25-17/h6-9,12,16-20H,2,10-11,13H2,1,3-5H3/b8-6+,9-7+/t16-,17-,18-,19-,20-,22+,23-/m1/s1. The van der Waals surface area contributed by atoms with E-state index in [9.17, 15) is 4.79 Å². The molecule has 7 atom stereocenters. The van der Waals surface area contributed by atoms with Gasteiger partial charge in [0.25, 0.3) is 0 Å². The number of ether oxygens (including phenoxy) is 3. The zero-order chi connectivity index (χ0) is 19.4. The van der Waals surface area contributed by atoms with Crippen molar-refractivity contribution in [1.29, 1.82) is 0 Å². The molecule has 4 nitrogen and oxygen atoms in total. The van der Waals surface area contributed by atoms with E-state index in [1.54, 1.807) is 6.08 Å². The third-order valence-corrected chi connectivity index (χ3v) is 7.39. The van der Waals surface area contributed by atoms with Gasteiger partial charge >= 0.3 is 5.97 Å². The second kappa shape index (κ2) is 6.46. The van der Waals surface area contributed by atoms with Crippen molar-refractivity contribution in [2.45, 2.75) is 77.5 Å². The summed E-state index contributed by atoms with van der Waals surface area (Å²) in [5.41, 5.74) is 2.08. The van der Waals surface area contributed by atoms with Crippen molar-refractivity contribution in [2.75, 3.05) is 0 Å². The number of epoxide rings is 1. The van der Waals surface area contributed by atoms with E-state index in [0.29, 0.717) is 6.42 Å². The molecule has 4 aliphatic rings. The molecular formula is C23H30O4. The zero-order valence-corrected chi connectivity index (χ0v) is 16.7. The predicted molar refractivity (Wildman–Crippen MR) is 104 cm³/mol. The maximum absolute atomic E-state index is 12.4. The van der Waals surface area contributed by atoms with E-state index in [0.717, 1.165) is 18.4 Å². The minimum atomic E-state index is -0.307. The number of fused-ring (bicyclic) bond motifs is 4. The Bertz CT molecular complexity index is 747. The van der Waals surface area contributed by atoms with Gasteiger partial charge < -0.3 is 14.2 Å². The molecule has 2 aliphatic heterocycles. The molecule has 0 N–H and O–H groups in total. The number of carbonyl (C=O) groups excluding carboxylic acids is 1. The third-order valence-electron chi connectivity index (χ3n) is 7.39. The second-order valence-electron chi connectivity index (χ2n) is 8.91. The van der Waals surface area contributed by atoms with Crippen LogP contribution in [0.5, 0.6) is 0 Å². The molecule has 0 aromatic rings.